The van der Waals surface area contributed by atoms with Gasteiger partial charge < -0.3 is 15.2 Å². The Hall–Kier alpha value is -2.52. The Morgan fingerprint density at radius 2 is 2.04 bits per heavy atom. The van der Waals surface area contributed by atoms with Crippen molar-refractivity contribution in [2.75, 3.05) is 5.32 Å². The van der Waals surface area contributed by atoms with Crippen LogP contribution in [0, 0.1) is 0 Å². The van der Waals surface area contributed by atoms with E-state index in [9.17, 15) is 5.11 Å². The third kappa shape index (κ3) is 2.55. The second-order valence-corrected chi connectivity index (χ2v) is 7.70. The number of nitrogens with one attached hydrogen (secondary N) is 1. The first-order valence-electron chi connectivity index (χ1n) is 9.11. The van der Waals surface area contributed by atoms with Crippen LogP contribution < -0.4 is 10.1 Å². The van der Waals surface area contributed by atoms with E-state index in [1.165, 1.54) is 16.7 Å². The van der Waals surface area contributed by atoms with Crippen molar-refractivity contribution < 1.29 is 9.84 Å². The van der Waals surface area contributed by atoms with E-state index < -0.39 is 0 Å². The maximum Gasteiger partial charge on any atom is 0.128 e. The minimum atomic E-state index is -0.0804. The first-order valence-corrected chi connectivity index (χ1v) is 9.11. The largest absolute Gasteiger partial charge is 0.485 e. The molecule has 26 heavy (non-hydrogen) atoms. The number of benzene rings is 2. The number of fused-ring (bicyclic) bond motifs is 5. The molecule has 0 saturated carbocycles. The normalized spacial score (nSPS) is 19.2. The highest BCUT2D eigenvalue weighted by Crippen LogP contribution is 2.50. The molecule has 134 valence electrons. The summed E-state index contributed by atoms with van der Waals surface area (Å²) in [5.74, 6) is 0.835. The molecule has 2 heterocycles. The van der Waals surface area contributed by atoms with E-state index in [0.717, 1.165) is 34.5 Å². The van der Waals surface area contributed by atoms with Gasteiger partial charge >= 0.3 is 0 Å². The van der Waals surface area contributed by atoms with Gasteiger partial charge in [-0.2, -0.15) is 0 Å². The molecule has 2 aliphatic heterocycles. The second-order valence-electron chi connectivity index (χ2n) is 7.70. The highest BCUT2D eigenvalue weighted by atomic mass is 16.5. The molecular weight excluding hydrogens is 322 g/mol. The smallest absolute Gasteiger partial charge is 0.128 e. The summed E-state index contributed by atoms with van der Waals surface area (Å²) in [7, 11) is 0. The fourth-order valence-electron chi connectivity index (χ4n) is 4.34. The van der Waals surface area contributed by atoms with Crippen LogP contribution in [0.4, 0.5) is 5.69 Å². The van der Waals surface area contributed by atoms with Crippen molar-refractivity contribution in [3.63, 3.8) is 0 Å². The fraction of sp³-hybridized carbons (Fsp3) is 0.304. The summed E-state index contributed by atoms with van der Waals surface area (Å²) in [5, 5.41) is 13.5. The van der Waals surface area contributed by atoms with Crippen LogP contribution in [-0.2, 0) is 6.61 Å². The van der Waals surface area contributed by atoms with Gasteiger partial charge in [0.05, 0.1) is 12.1 Å². The standard InChI is InChI=1S/C23H25NO2/c1-5-7-18-22-16(21-15(13-25)8-6-9-19(21)26-18)10-11-17-20(22)14(2)12-23(3,4)24-17/h5-6,8-12,18,24-25H,1,7,13H2,2-4H3. The third-order valence-corrected chi connectivity index (χ3v) is 5.20. The van der Waals surface area contributed by atoms with Crippen molar-refractivity contribution in [2.45, 2.75) is 45.4 Å². The quantitative estimate of drug-likeness (QED) is 0.724. The molecule has 2 N–H and O–H groups in total. The van der Waals surface area contributed by atoms with E-state index in [1.807, 2.05) is 24.3 Å². The van der Waals surface area contributed by atoms with Crippen molar-refractivity contribution in [3.8, 4) is 16.9 Å². The summed E-state index contributed by atoms with van der Waals surface area (Å²) in [6.07, 6.45) is 4.84. The molecule has 0 saturated heterocycles. The first-order chi connectivity index (χ1) is 12.4. The lowest BCUT2D eigenvalue weighted by Gasteiger charge is -2.37. The molecule has 0 aliphatic carbocycles. The zero-order chi connectivity index (χ0) is 18.5. The molecule has 2 aromatic carbocycles. The Labute approximate surface area is 155 Å². The van der Waals surface area contributed by atoms with Crippen LogP contribution in [0.15, 0.2) is 49.1 Å². The number of hydrogen-bond acceptors (Lipinski definition) is 3. The molecule has 3 nitrogen and oxygen atoms in total. The van der Waals surface area contributed by atoms with Crippen LogP contribution in [-0.4, -0.2) is 10.6 Å². The van der Waals surface area contributed by atoms with E-state index in [0.29, 0.717) is 0 Å². The number of anilines is 1. The number of aliphatic hydroxyl groups is 1. The second kappa shape index (κ2) is 6.03. The molecule has 0 radical (unpaired) electrons. The van der Waals surface area contributed by atoms with E-state index in [1.54, 1.807) is 0 Å². The molecule has 0 aromatic heterocycles. The van der Waals surface area contributed by atoms with Crippen LogP contribution in [0.2, 0.25) is 0 Å². The maximum absolute atomic E-state index is 9.85. The van der Waals surface area contributed by atoms with Crippen molar-refractivity contribution in [1.82, 2.24) is 0 Å². The Morgan fingerprint density at radius 3 is 2.77 bits per heavy atom. The lowest BCUT2D eigenvalue weighted by atomic mass is 9.80. The first kappa shape index (κ1) is 16.9. The molecule has 1 atom stereocenters. The van der Waals surface area contributed by atoms with Gasteiger partial charge in [-0.1, -0.05) is 30.4 Å². The minimum Gasteiger partial charge on any atom is -0.485 e. The summed E-state index contributed by atoms with van der Waals surface area (Å²) in [5.41, 5.74) is 7.76. The zero-order valence-corrected chi connectivity index (χ0v) is 15.6. The van der Waals surface area contributed by atoms with Crippen LogP contribution in [0.3, 0.4) is 0 Å². The average Bonchev–Trinajstić information content (AvgIpc) is 2.59. The van der Waals surface area contributed by atoms with Gasteiger partial charge in [-0.3, -0.25) is 0 Å². The van der Waals surface area contributed by atoms with Gasteiger partial charge in [0.1, 0.15) is 11.9 Å². The van der Waals surface area contributed by atoms with Gasteiger partial charge in [-0.25, -0.2) is 0 Å². The summed E-state index contributed by atoms with van der Waals surface area (Å²) in [6, 6.07) is 10.2. The van der Waals surface area contributed by atoms with Crippen LogP contribution in [0.5, 0.6) is 5.75 Å². The van der Waals surface area contributed by atoms with E-state index >= 15 is 0 Å². The third-order valence-electron chi connectivity index (χ3n) is 5.20. The van der Waals surface area contributed by atoms with Crippen molar-refractivity contribution in [1.29, 1.82) is 0 Å². The Bertz CT molecular complexity index is 924. The van der Waals surface area contributed by atoms with Crippen LogP contribution >= 0.6 is 0 Å². The Morgan fingerprint density at radius 1 is 1.23 bits per heavy atom. The summed E-state index contributed by atoms with van der Waals surface area (Å²) >= 11 is 0. The van der Waals surface area contributed by atoms with Crippen LogP contribution in [0.25, 0.3) is 16.7 Å². The average molecular weight is 347 g/mol. The monoisotopic (exact) mass is 347 g/mol. The van der Waals surface area contributed by atoms with E-state index in [4.69, 9.17) is 4.74 Å². The van der Waals surface area contributed by atoms with E-state index in [-0.39, 0.29) is 18.2 Å². The number of allylic oxidation sites excluding steroid dienone is 1. The molecule has 3 heteroatoms. The van der Waals surface area contributed by atoms with Gasteiger partial charge in [-0.15, -0.1) is 6.58 Å². The molecule has 0 bridgehead atoms. The van der Waals surface area contributed by atoms with Gasteiger partial charge in [0.15, 0.2) is 0 Å². The fourth-order valence-corrected chi connectivity index (χ4v) is 4.34. The Kier molecular flexibility index (Phi) is 3.92. The number of aliphatic hydroxyl groups excluding tert-OH is 1. The summed E-state index contributed by atoms with van der Waals surface area (Å²) in [4.78, 5) is 0. The highest BCUT2D eigenvalue weighted by Gasteiger charge is 2.33. The summed E-state index contributed by atoms with van der Waals surface area (Å²) in [6.45, 7) is 10.4. The molecule has 1 unspecified atom stereocenters. The number of hydrogen-bond donors (Lipinski definition) is 2. The Balaban J connectivity index is 2.02. The lowest BCUT2D eigenvalue weighted by molar-refractivity contribution is 0.204. The van der Waals surface area contributed by atoms with Crippen LogP contribution in [0.1, 0.15) is 50.0 Å². The maximum atomic E-state index is 9.85. The van der Waals surface area contributed by atoms with Gasteiger partial charge in [0.25, 0.3) is 0 Å². The lowest BCUT2D eigenvalue weighted by Crippen LogP contribution is -2.32. The predicted molar refractivity (Wildman–Crippen MR) is 107 cm³/mol. The van der Waals surface area contributed by atoms with Crippen molar-refractivity contribution in [3.05, 3.63) is 65.8 Å². The molecule has 2 aliphatic rings. The van der Waals surface area contributed by atoms with E-state index in [2.05, 4.69) is 50.9 Å². The molecule has 0 fully saturated rings. The molecular formula is C23H25NO2. The minimum absolute atomic E-state index is 0.00468. The molecule has 2 aromatic rings. The van der Waals surface area contributed by atoms with Crippen molar-refractivity contribution >= 4 is 11.3 Å². The van der Waals surface area contributed by atoms with Gasteiger partial charge in [-0.05, 0) is 49.6 Å². The van der Waals surface area contributed by atoms with Crippen molar-refractivity contribution in [2.24, 2.45) is 0 Å². The van der Waals surface area contributed by atoms with Gasteiger partial charge in [0, 0.05) is 28.8 Å². The SMILES string of the molecule is C=CCC1Oc2cccc(CO)c2-c2ccc3c(c21)C(C)=CC(C)(C)N3. The zero-order valence-electron chi connectivity index (χ0n) is 15.6. The predicted octanol–water partition coefficient (Wildman–Crippen LogP) is 5.46. The highest BCUT2D eigenvalue weighted by molar-refractivity contribution is 5.90. The number of ether oxygens (including phenoxy) is 1. The van der Waals surface area contributed by atoms with Gasteiger partial charge in [0.2, 0.25) is 0 Å². The molecule has 0 amide bonds. The molecule has 4 rings (SSSR count). The molecule has 0 spiro atoms. The summed E-state index contributed by atoms with van der Waals surface area (Å²) < 4.78 is 6.37. The number of rotatable bonds is 3. The topological polar surface area (TPSA) is 41.5 Å².